The van der Waals surface area contributed by atoms with Gasteiger partial charge in [0.05, 0.1) is 18.8 Å². The van der Waals surface area contributed by atoms with E-state index in [-0.39, 0.29) is 11.8 Å². The van der Waals surface area contributed by atoms with E-state index in [2.05, 4.69) is 10.3 Å². The third kappa shape index (κ3) is 4.48. The first kappa shape index (κ1) is 17.2. The van der Waals surface area contributed by atoms with Gasteiger partial charge in [0.2, 0.25) is 5.88 Å². The quantitative estimate of drug-likeness (QED) is 0.915. The fourth-order valence-electron chi connectivity index (χ4n) is 2.34. The summed E-state index contributed by atoms with van der Waals surface area (Å²) in [6, 6.07) is 7.22. The van der Waals surface area contributed by atoms with E-state index in [4.69, 9.17) is 9.47 Å². The molecule has 1 saturated heterocycles. The van der Waals surface area contributed by atoms with Gasteiger partial charge in [-0.25, -0.2) is 4.98 Å². The summed E-state index contributed by atoms with van der Waals surface area (Å²) in [4.78, 5) is 16.3. The molecular formula is C17H15F3N2O3. The number of amides is 1. The van der Waals surface area contributed by atoms with Crippen LogP contribution in [0.2, 0.25) is 0 Å². The molecule has 0 saturated carbocycles. The minimum absolute atomic E-state index is 0.0966. The zero-order valence-electron chi connectivity index (χ0n) is 13.0. The van der Waals surface area contributed by atoms with E-state index in [1.807, 2.05) is 0 Å². The topological polar surface area (TPSA) is 60.5 Å². The van der Waals surface area contributed by atoms with Crippen LogP contribution in [0.5, 0.6) is 5.88 Å². The van der Waals surface area contributed by atoms with Crippen LogP contribution in [0.25, 0.3) is 0 Å². The number of nitrogens with one attached hydrogen (secondary N) is 1. The predicted octanol–water partition coefficient (Wildman–Crippen LogP) is 3.52. The SMILES string of the molecule is O=C(Nc1ccc(C(F)(F)F)cc1)c1ccnc(OC2CCOC2)c1. The Morgan fingerprint density at radius 2 is 2.00 bits per heavy atom. The van der Waals surface area contributed by atoms with Gasteiger partial charge in [-0.2, -0.15) is 13.2 Å². The number of hydrogen-bond donors (Lipinski definition) is 1. The van der Waals surface area contributed by atoms with Gasteiger partial charge in [0.15, 0.2) is 0 Å². The normalized spacial score (nSPS) is 17.3. The molecule has 0 aliphatic carbocycles. The highest BCUT2D eigenvalue weighted by Crippen LogP contribution is 2.29. The molecule has 1 aromatic carbocycles. The Bertz CT molecular complexity index is 742. The number of carbonyl (C=O) groups is 1. The number of alkyl halides is 3. The van der Waals surface area contributed by atoms with Gasteiger partial charge in [0.1, 0.15) is 6.10 Å². The third-order valence-electron chi connectivity index (χ3n) is 3.64. The van der Waals surface area contributed by atoms with Gasteiger partial charge < -0.3 is 14.8 Å². The molecule has 1 unspecified atom stereocenters. The number of anilines is 1. The summed E-state index contributed by atoms with van der Waals surface area (Å²) in [7, 11) is 0. The second-order valence-corrected chi connectivity index (χ2v) is 5.52. The summed E-state index contributed by atoms with van der Waals surface area (Å²) < 4.78 is 48.5. The largest absolute Gasteiger partial charge is 0.472 e. The molecule has 132 valence electrons. The molecule has 0 spiro atoms. The first-order valence-electron chi connectivity index (χ1n) is 7.61. The Kier molecular flexibility index (Phi) is 4.89. The summed E-state index contributed by atoms with van der Waals surface area (Å²) in [6.07, 6.45) is -2.32. The van der Waals surface area contributed by atoms with E-state index < -0.39 is 17.6 Å². The number of nitrogens with zero attached hydrogens (tertiary/aromatic N) is 1. The number of halogens is 3. The molecule has 3 rings (SSSR count). The van der Waals surface area contributed by atoms with Crippen molar-refractivity contribution in [3.05, 3.63) is 53.7 Å². The summed E-state index contributed by atoms with van der Waals surface area (Å²) in [6.45, 7) is 1.10. The molecule has 1 fully saturated rings. The van der Waals surface area contributed by atoms with Crippen LogP contribution in [0.15, 0.2) is 42.6 Å². The van der Waals surface area contributed by atoms with E-state index in [0.29, 0.717) is 24.7 Å². The Morgan fingerprint density at radius 1 is 1.24 bits per heavy atom. The summed E-state index contributed by atoms with van der Waals surface area (Å²) >= 11 is 0. The second-order valence-electron chi connectivity index (χ2n) is 5.52. The maximum atomic E-state index is 12.5. The van der Waals surface area contributed by atoms with Crippen molar-refractivity contribution in [1.29, 1.82) is 0 Å². The van der Waals surface area contributed by atoms with Gasteiger partial charge in [0.25, 0.3) is 5.91 Å². The fraction of sp³-hybridized carbons (Fsp3) is 0.294. The molecule has 25 heavy (non-hydrogen) atoms. The molecule has 1 N–H and O–H groups in total. The van der Waals surface area contributed by atoms with Crippen molar-refractivity contribution in [1.82, 2.24) is 4.98 Å². The highest BCUT2D eigenvalue weighted by Gasteiger charge is 2.30. The monoisotopic (exact) mass is 352 g/mol. The average Bonchev–Trinajstić information content (AvgIpc) is 3.08. The van der Waals surface area contributed by atoms with Crippen molar-refractivity contribution >= 4 is 11.6 Å². The highest BCUT2D eigenvalue weighted by atomic mass is 19.4. The van der Waals surface area contributed by atoms with Crippen LogP contribution < -0.4 is 10.1 Å². The molecule has 0 radical (unpaired) electrons. The van der Waals surface area contributed by atoms with Gasteiger partial charge in [-0.15, -0.1) is 0 Å². The zero-order valence-corrected chi connectivity index (χ0v) is 13.0. The molecule has 2 aromatic rings. The van der Waals surface area contributed by atoms with Crippen LogP contribution in [0.4, 0.5) is 18.9 Å². The number of hydrogen-bond acceptors (Lipinski definition) is 4. The summed E-state index contributed by atoms with van der Waals surface area (Å²) in [5.41, 5.74) is -0.214. The van der Waals surface area contributed by atoms with Crippen molar-refractivity contribution in [2.24, 2.45) is 0 Å². The number of pyridine rings is 1. The molecule has 1 aliphatic heterocycles. The van der Waals surface area contributed by atoms with Crippen LogP contribution in [0.1, 0.15) is 22.3 Å². The first-order chi connectivity index (χ1) is 11.9. The molecule has 5 nitrogen and oxygen atoms in total. The van der Waals surface area contributed by atoms with Crippen LogP contribution >= 0.6 is 0 Å². The number of carbonyl (C=O) groups excluding carboxylic acids is 1. The zero-order chi connectivity index (χ0) is 17.9. The maximum Gasteiger partial charge on any atom is 0.416 e. The Morgan fingerprint density at radius 3 is 2.64 bits per heavy atom. The average molecular weight is 352 g/mol. The van der Waals surface area contributed by atoms with Crippen LogP contribution in [-0.4, -0.2) is 30.2 Å². The van der Waals surface area contributed by atoms with Gasteiger partial charge in [-0.1, -0.05) is 0 Å². The summed E-state index contributed by atoms with van der Waals surface area (Å²) in [5.74, 6) is -0.162. The van der Waals surface area contributed by atoms with Crippen LogP contribution in [0, 0.1) is 0 Å². The molecule has 1 aliphatic rings. The lowest BCUT2D eigenvalue weighted by Gasteiger charge is -2.12. The smallest absolute Gasteiger partial charge is 0.416 e. The predicted molar refractivity (Wildman–Crippen MR) is 83.5 cm³/mol. The number of benzene rings is 1. The van der Waals surface area contributed by atoms with Gasteiger partial charge in [0, 0.05) is 29.9 Å². The van der Waals surface area contributed by atoms with Gasteiger partial charge >= 0.3 is 6.18 Å². The molecule has 2 heterocycles. The Balaban J connectivity index is 1.66. The molecule has 1 aromatic heterocycles. The van der Waals surface area contributed by atoms with E-state index in [0.717, 1.165) is 18.6 Å². The first-order valence-corrected chi connectivity index (χ1v) is 7.61. The number of aromatic nitrogens is 1. The van der Waals surface area contributed by atoms with Crippen molar-refractivity contribution in [3.8, 4) is 5.88 Å². The van der Waals surface area contributed by atoms with E-state index in [1.54, 1.807) is 0 Å². The molecule has 1 amide bonds. The van der Waals surface area contributed by atoms with Gasteiger partial charge in [-0.3, -0.25) is 4.79 Å². The van der Waals surface area contributed by atoms with Crippen LogP contribution in [-0.2, 0) is 10.9 Å². The number of ether oxygens (including phenoxy) is 2. The fourth-order valence-corrected chi connectivity index (χ4v) is 2.34. The lowest BCUT2D eigenvalue weighted by atomic mass is 10.2. The van der Waals surface area contributed by atoms with E-state index >= 15 is 0 Å². The Hall–Kier alpha value is -2.61. The maximum absolute atomic E-state index is 12.5. The molecule has 1 atom stereocenters. The van der Waals surface area contributed by atoms with Crippen LogP contribution in [0.3, 0.4) is 0 Å². The van der Waals surface area contributed by atoms with Crippen molar-refractivity contribution in [2.45, 2.75) is 18.7 Å². The summed E-state index contributed by atoms with van der Waals surface area (Å²) in [5, 5.41) is 2.54. The highest BCUT2D eigenvalue weighted by molar-refractivity contribution is 6.04. The second kappa shape index (κ2) is 7.10. The molecular weight excluding hydrogens is 337 g/mol. The lowest BCUT2D eigenvalue weighted by molar-refractivity contribution is -0.137. The van der Waals surface area contributed by atoms with Crippen molar-refractivity contribution in [3.63, 3.8) is 0 Å². The van der Waals surface area contributed by atoms with E-state index in [1.165, 1.54) is 30.5 Å². The molecule has 8 heteroatoms. The lowest BCUT2D eigenvalue weighted by Crippen LogP contribution is -2.17. The minimum Gasteiger partial charge on any atom is -0.472 e. The van der Waals surface area contributed by atoms with Gasteiger partial charge in [-0.05, 0) is 30.3 Å². The standard InChI is InChI=1S/C17H15F3N2O3/c18-17(19,20)12-1-3-13(4-2-12)22-16(23)11-5-7-21-15(9-11)25-14-6-8-24-10-14/h1-5,7,9,14H,6,8,10H2,(H,22,23). The number of rotatable bonds is 4. The molecule has 0 bridgehead atoms. The van der Waals surface area contributed by atoms with Crippen molar-refractivity contribution in [2.75, 3.05) is 18.5 Å². The van der Waals surface area contributed by atoms with E-state index in [9.17, 15) is 18.0 Å². The third-order valence-corrected chi connectivity index (χ3v) is 3.64. The minimum atomic E-state index is -4.41. The van der Waals surface area contributed by atoms with Crippen molar-refractivity contribution < 1.29 is 27.4 Å². The Labute approximate surface area is 141 Å².